The van der Waals surface area contributed by atoms with Crippen molar-refractivity contribution in [1.29, 1.82) is 0 Å². The van der Waals surface area contributed by atoms with E-state index in [0.29, 0.717) is 27.9 Å². The summed E-state index contributed by atoms with van der Waals surface area (Å²) < 4.78 is 11.7. The molecule has 2 atom stereocenters. The first kappa shape index (κ1) is 21.7. The molecule has 1 fully saturated rings. The van der Waals surface area contributed by atoms with E-state index < -0.39 is 5.97 Å². The van der Waals surface area contributed by atoms with Crippen molar-refractivity contribution in [2.75, 3.05) is 12.0 Å². The molecule has 34 heavy (non-hydrogen) atoms. The van der Waals surface area contributed by atoms with E-state index in [1.54, 1.807) is 31.5 Å². The number of furan rings is 1. The normalized spacial score (nSPS) is 17.4. The third-order valence-electron chi connectivity index (χ3n) is 5.74. The minimum absolute atomic E-state index is 0.198. The van der Waals surface area contributed by atoms with Crippen LogP contribution in [0.15, 0.2) is 89.5 Å². The number of carboxylic acids is 1. The fourth-order valence-corrected chi connectivity index (χ4v) is 4.50. The van der Waals surface area contributed by atoms with Crippen LogP contribution in [0.5, 0.6) is 5.75 Å². The fourth-order valence-electron chi connectivity index (χ4n) is 4.15. The van der Waals surface area contributed by atoms with Gasteiger partial charge in [0.25, 0.3) is 0 Å². The Labute approximate surface area is 201 Å². The van der Waals surface area contributed by atoms with Gasteiger partial charge in [-0.1, -0.05) is 24.3 Å². The van der Waals surface area contributed by atoms with Gasteiger partial charge in [0.1, 0.15) is 23.3 Å². The molecule has 5 rings (SSSR count). The van der Waals surface area contributed by atoms with Crippen LogP contribution in [-0.4, -0.2) is 28.3 Å². The molecule has 8 heteroatoms. The minimum atomic E-state index is -0.988. The Balaban J connectivity index is 1.59. The van der Waals surface area contributed by atoms with E-state index in [4.69, 9.17) is 21.4 Å². The number of hydrogen-bond donors (Lipinski definition) is 2. The number of aromatic nitrogens is 1. The second-order valence-corrected chi connectivity index (χ2v) is 8.17. The zero-order valence-corrected chi connectivity index (χ0v) is 19.0. The highest BCUT2D eigenvalue weighted by Crippen LogP contribution is 2.43. The predicted molar refractivity (Wildman–Crippen MR) is 132 cm³/mol. The number of aromatic carboxylic acids is 1. The smallest absolute Gasteiger partial charge is 0.335 e. The molecule has 2 N–H and O–H groups in total. The molecule has 3 heterocycles. The second-order valence-electron chi connectivity index (χ2n) is 7.79. The molecule has 0 saturated carbocycles. The number of anilines is 1. The lowest BCUT2D eigenvalue weighted by Crippen LogP contribution is -2.29. The zero-order valence-electron chi connectivity index (χ0n) is 18.2. The van der Waals surface area contributed by atoms with Gasteiger partial charge in [-0.2, -0.15) is 0 Å². The van der Waals surface area contributed by atoms with Crippen molar-refractivity contribution in [3.8, 4) is 17.1 Å². The maximum Gasteiger partial charge on any atom is 0.335 e. The summed E-state index contributed by atoms with van der Waals surface area (Å²) >= 11 is 5.74. The summed E-state index contributed by atoms with van der Waals surface area (Å²) in [4.78, 5) is 18.0. The fraction of sp³-hybridized carbons (Fsp3) is 0.115. The first-order valence-corrected chi connectivity index (χ1v) is 11.0. The van der Waals surface area contributed by atoms with Crippen molar-refractivity contribution in [1.82, 2.24) is 10.3 Å². The summed E-state index contributed by atoms with van der Waals surface area (Å²) in [6.45, 7) is 0. The molecule has 0 amide bonds. The first-order valence-electron chi connectivity index (χ1n) is 10.6. The Morgan fingerprint density at radius 3 is 2.71 bits per heavy atom. The third-order valence-corrected chi connectivity index (χ3v) is 6.06. The number of thiocarbonyl (C=S) groups is 1. The molecule has 1 saturated heterocycles. The van der Waals surface area contributed by atoms with Crippen LogP contribution in [0.3, 0.4) is 0 Å². The van der Waals surface area contributed by atoms with Crippen LogP contribution in [0.1, 0.15) is 33.9 Å². The average Bonchev–Trinajstić information content (AvgIpc) is 3.49. The molecular weight excluding hydrogens is 450 g/mol. The van der Waals surface area contributed by atoms with Gasteiger partial charge in [-0.15, -0.1) is 0 Å². The van der Waals surface area contributed by atoms with E-state index in [1.165, 1.54) is 0 Å². The van der Waals surface area contributed by atoms with Gasteiger partial charge in [-0.05, 0) is 60.7 Å². The highest BCUT2D eigenvalue weighted by Gasteiger charge is 2.42. The Morgan fingerprint density at radius 1 is 1.09 bits per heavy atom. The molecular formula is C26H21N3O4S. The molecule has 0 unspecified atom stereocenters. The number of nitrogens with one attached hydrogen (secondary N) is 1. The maximum atomic E-state index is 11.4. The lowest BCUT2D eigenvalue weighted by Gasteiger charge is -2.26. The monoisotopic (exact) mass is 471 g/mol. The Hall–Kier alpha value is -4.17. The molecule has 1 aliphatic heterocycles. The summed E-state index contributed by atoms with van der Waals surface area (Å²) in [5, 5.41) is 13.3. The molecule has 2 aromatic carbocycles. The van der Waals surface area contributed by atoms with Crippen LogP contribution >= 0.6 is 12.2 Å². The standard InChI is InChI=1S/C26H21N3O4S/c1-32-19-9-5-8-18(15-19)29-24(23(28-26(29)34)20-10-2-3-13-27-20)22-12-11-21(33-22)16-6-4-7-17(14-16)25(30)31/h2-15,23-24H,1H3,(H,28,34)(H,30,31)/t23-,24-/m1/s1. The molecule has 0 spiro atoms. The van der Waals surface area contributed by atoms with Gasteiger partial charge < -0.3 is 24.5 Å². The van der Waals surface area contributed by atoms with Gasteiger partial charge in [0.05, 0.1) is 24.4 Å². The number of methoxy groups -OCH3 is 1. The summed E-state index contributed by atoms with van der Waals surface area (Å²) in [5.41, 5.74) is 2.56. The van der Waals surface area contributed by atoms with E-state index in [0.717, 1.165) is 11.4 Å². The van der Waals surface area contributed by atoms with Crippen LogP contribution in [0.2, 0.25) is 0 Å². The Bertz CT molecular complexity index is 1350. The van der Waals surface area contributed by atoms with Gasteiger partial charge in [-0.25, -0.2) is 4.79 Å². The first-order chi connectivity index (χ1) is 16.5. The molecule has 1 aliphatic rings. The topological polar surface area (TPSA) is 87.8 Å². The lowest BCUT2D eigenvalue weighted by atomic mass is 10.0. The van der Waals surface area contributed by atoms with E-state index in [1.807, 2.05) is 65.6 Å². The predicted octanol–water partition coefficient (Wildman–Crippen LogP) is 5.23. The molecule has 170 valence electrons. The van der Waals surface area contributed by atoms with Crippen molar-refractivity contribution in [2.45, 2.75) is 12.1 Å². The van der Waals surface area contributed by atoms with E-state index >= 15 is 0 Å². The Kier molecular flexibility index (Phi) is 5.73. The number of carboxylic acid groups (broad SMARTS) is 1. The third kappa shape index (κ3) is 3.99. The van der Waals surface area contributed by atoms with Crippen molar-refractivity contribution in [3.63, 3.8) is 0 Å². The lowest BCUT2D eigenvalue weighted by molar-refractivity contribution is 0.0697. The summed E-state index contributed by atoms with van der Waals surface area (Å²) in [6.07, 6.45) is 1.75. The number of carbonyl (C=O) groups is 1. The van der Waals surface area contributed by atoms with Crippen molar-refractivity contribution >= 4 is 29.0 Å². The molecule has 0 radical (unpaired) electrons. The summed E-state index contributed by atoms with van der Waals surface area (Å²) in [7, 11) is 1.62. The largest absolute Gasteiger partial charge is 0.497 e. The van der Waals surface area contributed by atoms with Gasteiger partial charge in [0, 0.05) is 23.5 Å². The van der Waals surface area contributed by atoms with Crippen LogP contribution in [0.25, 0.3) is 11.3 Å². The van der Waals surface area contributed by atoms with Crippen LogP contribution in [0, 0.1) is 0 Å². The number of ether oxygens (including phenoxy) is 1. The number of benzene rings is 2. The molecule has 0 aliphatic carbocycles. The van der Waals surface area contributed by atoms with Crippen LogP contribution in [0.4, 0.5) is 5.69 Å². The molecule has 0 bridgehead atoms. The van der Waals surface area contributed by atoms with Crippen LogP contribution < -0.4 is 15.0 Å². The Morgan fingerprint density at radius 2 is 1.94 bits per heavy atom. The van der Waals surface area contributed by atoms with Crippen molar-refractivity contribution in [3.05, 3.63) is 102 Å². The highest BCUT2D eigenvalue weighted by molar-refractivity contribution is 7.80. The number of rotatable bonds is 6. The van der Waals surface area contributed by atoms with Crippen LogP contribution in [-0.2, 0) is 0 Å². The molecule has 2 aromatic heterocycles. The minimum Gasteiger partial charge on any atom is -0.497 e. The summed E-state index contributed by atoms with van der Waals surface area (Å²) in [6, 6.07) is 23.2. The van der Waals surface area contributed by atoms with E-state index in [9.17, 15) is 9.90 Å². The molecule has 4 aromatic rings. The van der Waals surface area contributed by atoms with E-state index in [-0.39, 0.29) is 17.6 Å². The van der Waals surface area contributed by atoms with Crippen molar-refractivity contribution in [2.24, 2.45) is 0 Å². The molecule has 7 nitrogen and oxygen atoms in total. The van der Waals surface area contributed by atoms with Crippen molar-refractivity contribution < 1.29 is 19.1 Å². The van der Waals surface area contributed by atoms with Gasteiger partial charge in [0.15, 0.2) is 5.11 Å². The SMILES string of the molecule is COc1cccc(N2C(=S)N[C@H](c3ccccn3)[C@H]2c2ccc(-c3cccc(C(=O)O)c3)o2)c1. The van der Waals surface area contributed by atoms with Gasteiger partial charge >= 0.3 is 5.97 Å². The number of pyridine rings is 1. The van der Waals surface area contributed by atoms with Gasteiger partial charge in [-0.3, -0.25) is 4.98 Å². The second kappa shape index (κ2) is 8.99. The summed E-state index contributed by atoms with van der Waals surface area (Å²) in [5.74, 6) is 0.965. The number of nitrogens with zero attached hydrogens (tertiary/aromatic N) is 2. The zero-order chi connectivity index (χ0) is 23.7. The average molecular weight is 472 g/mol. The van der Waals surface area contributed by atoms with E-state index in [2.05, 4.69) is 10.3 Å². The van der Waals surface area contributed by atoms with Gasteiger partial charge in [0.2, 0.25) is 0 Å². The number of hydrogen-bond acceptors (Lipinski definition) is 5. The maximum absolute atomic E-state index is 11.4. The quantitative estimate of drug-likeness (QED) is 0.370. The highest BCUT2D eigenvalue weighted by atomic mass is 32.1.